The Bertz CT molecular complexity index is 367. The van der Waals surface area contributed by atoms with Gasteiger partial charge in [-0.05, 0) is 24.6 Å². The topological polar surface area (TPSA) is 42.5 Å². The molecule has 0 bridgehead atoms. The fraction of sp³-hybridized carbons (Fsp3) is 0.600. The molecular weight excluding hydrogens is 240 g/mol. The fourth-order valence-electron chi connectivity index (χ4n) is 1.86. The second-order valence-electron chi connectivity index (χ2n) is 4.79. The van der Waals surface area contributed by atoms with E-state index in [0.29, 0.717) is 6.04 Å². The molecule has 1 aromatic carbocycles. The third-order valence-corrected chi connectivity index (χ3v) is 2.92. The van der Waals surface area contributed by atoms with E-state index in [-0.39, 0.29) is 0 Å². The second kappa shape index (κ2) is 8.77. The molecule has 19 heavy (non-hydrogen) atoms. The van der Waals surface area contributed by atoms with Gasteiger partial charge in [0.1, 0.15) is 11.5 Å². The van der Waals surface area contributed by atoms with Crippen molar-refractivity contribution >= 4 is 0 Å². The van der Waals surface area contributed by atoms with Crippen LogP contribution >= 0.6 is 0 Å². The quantitative estimate of drug-likeness (QED) is 0.669. The van der Waals surface area contributed by atoms with Crippen molar-refractivity contribution in [3.63, 3.8) is 0 Å². The van der Waals surface area contributed by atoms with Crippen molar-refractivity contribution in [1.29, 1.82) is 0 Å². The van der Waals surface area contributed by atoms with Crippen LogP contribution in [-0.4, -0.2) is 39.9 Å². The van der Waals surface area contributed by atoms with E-state index in [1.165, 1.54) is 5.56 Å². The van der Waals surface area contributed by atoms with Gasteiger partial charge in [-0.3, -0.25) is 0 Å². The number of rotatable bonds is 9. The monoisotopic (exact) mass is 266 g/mol. The summed E-state index contributed by atoms with van der Waals surface area (Å²) in [4.78, 5) is 0. The van der Waals surface area contributed by atoms with Crippen molar-refractivity contribution < 1.29 is 9.47 Å². The fourth-order valence-corrected chi connectivity index (χ4v) is 1.86. The van der Waals surface area contributed by atoms with Crippen LogP contribution in [0.5, 0.6) is 11.5 Å². The second-order valence-corrected chi connectivity index (χ2v) is 4.79. The summed E-state index contributed by atoms with van der Waals surface area (Å²) in [6, 6.07) is 6.50. The van der Waals surface area contributed by atoms with E-state index in [1.54, 1.807) is 14.2 Å². The van der Waals surface area contributed by atoms with Gasteiger partial charge in [0.15, 0.2) is 0 Å². The zero-order chi connectivity index (χ0) is 14.1. The average Bonchev–Trinajstić information content (AvgIpc) is 2.42. The van der Waals surface area contributed by atoms with E-state index >= 15 is 0 Å². The molecule has 0 unspecified atom stereocenters. The summed E-state index contributed by atoms with van der Waals surface area (Å²) in [6.45, 7) is 7.24. The zero-order valence-corrected chi connectivity index (χ0v) is 12.5. The number of methoxy groups -OCH3 is 2. The van der Waals surface area contributed by atoms with Crippen LogP contribution in [0, 0.1) is 0 Å². The van der Waals surface area contributed by atoms with Gasteiger partial charge < -0.3 is 20.1 Å². The van der Waals surface area contributed by atoms with E-state index in [1.807, 2.05) is 12.1 Å². The lowest BCUT2D eigenvalue weighted by Crippen LogP contribution is -2.32. The Morgan fingerprint density at radius 2 is 1.84 bits per heavy atom. The van der Waals surface area contributed by atoms with Crippen LogP contribution in [0.1, 0.15) is 19.4 Å². The highest BCUT2D eigenvalue weighted by molar-refractivity contribution is 5.40. The molecule has 4 nitrogen and oxygen atoms in total. The van der Waals surface area contributed by atoms with Crippen LogP contribution in [0.2, 0.25) is 0 Å². The van der Waals surface area contributed by atoms with Crippen molar-refractivity contribution in [1.82, 2.24) is 10.6 Å². The summed E-state index contributed by atoms with van der Waals surface area (Å²) in [5, 5.41) is 6.80. The van der Waals surface area contributed by atoms with Crippen molar-refractivity contribution in [3.8, 4) is 11.5 Å². The Balaban J connectivity index is 2.32. The summed E-state index contributed by atoms with van der Waals surface area (Å²) < 4.78 is 10.6. The van der Waals surface area contributed by atoms with E-state index in [4.69, 9.17) is 9.47 Å². The van der Waals surface area contributed by atoms with Gasteiger partial charge in [0.25, 0.3) is 0 Å². The molecule has 0 spiro atoms. The van der Waals surface area contributed by atoms with Crippen molar-refractivity contribution in [2.45, 2.75) is 26.3 Å². The van der Waals surface area contributed by atoms with Gasteiger partial charge in [0.2, 0.25) is 0 Å². The first-order chi connectivity index (χ1) is 9.17. The first kappa shape index (κ1) is 15.8. The van der Waals surface area contributed by atoms with Crippen molar-refractivity contribution in [2.24, 2.45) is 0 Å². The SMILES string of the molecule is COc1ccc(CCNCCNC(C)C)c(OC)c1. The molecule has 108 valence electrons. The van der Waals surface area contributed by atoms with Gasteiger partial charge in [0, 0.05) is 25.2 Å². The maximum atomic E-state index is 5.38. The van der Waals surface area contributed by atoms with E-state index in [0.717, 1.165) is 37.6 Å². The maximum Gasteiger partial charge on any atom is 0.125 e. The molecule has 0 saturated heterocycles. The van der Waals surface area contributed by atoms with Crippen LogP contribution in [0.3, 0.4) is 0 Å². The normalized spacial score (nSPS) is 10.8. The molecule has 0 fully saturated rings. The minimum absolute atomic E-state index is 0.545. The zero-order valence-electron chi connectivity index (χ0n) is 12.5. The van der Waals surface area contributed by atoms with Gasteiger partial charge in [0.05, 0.1) is 14.2 Å². The lowest BCUT2D eigenvalue weighted by atomic mass is 10.1. The molecule has 0 saturated carbocycles. The number of benzene rings is 1. The Morgan fingerprint density at radius 1 is 1.05 bits per heavy atom. The van der Waals surface area contributed by atoms with Gasteiger partial charge in [-0.15, -0.1) is 0 Å². The Hall–Kier alpha value is -1.26. The molecule has 4 heteroatoms. The van der Waals surface area contributed by atoms with Crippen LogP contribution in [0.15, 0.2) is 18.2 Å². The highest BCUT2D eigenvalue weighted by atomic mass is 16.5. The minimum atomic E-state index is 0.545. The average molecular weight is 266 g/mol. The van der Waals surface area contributed by atoms with Gasteiger partial charge >= 0.3 is 0 Å². The molecule has 0 atom stereocenters. The maximum absolute atomic E-state index is 5.38. The summed E-state index contributed by atoms with van der Waals surface area (Å²) in [7, 11) is 3.36. The van der Waals surface area contributed by atoms with E-state index in [9.17, 15) is 0 Å². The van der Waals surface area contributed by atoms with E-state index < -0.39 is 0 Å². The van der Waals surface area contributed by atoms with Crippen LogP contribution in [0.25, 0.3) is 0 Å². The molecule has 0 aliphatic rings. The molecular formula is C15H26N2O2. The first-order valence-electron chi connectivity index (χ1n) is 6.82. The smallest absolute Gasteiger partial charge is 0.125 e. The molecule has 0 heterocycles. The molecule has 0 aliphatic heterocycles. The number of ether oxygens (including phenoxy) is 2. The lowest BCUT2D eigenvalue weighted by Gasteiger charge is -2.12. The summed E-state index contributed by atoms with van der Waals surface area (Å²) in [5.74, 6) is 1.72. The predicted molar refractivity (Wildman–Crippen MR) is 79.3 cm³/mol. The molecule has 1 aromatic rings. The Kier molecular flexibility index (Phi) is 7.30. The van der Waals surface area contributed by atoms with Gasteiger partial charge in [-0.25, -0.2) is 0 Å². The standard InChI is InChI=1S/C15H26N2O2/c1-12(2)17-10-9-16-8-7-13-5-6-14(18-3)11-15(13)19-4/h5-6,11-12,16-17H,7-10H2,1-4H3. The molecule has 0 aromatic heterocycles. The van der Waals surface area contributed by atoms with Gasteiger partial charge in [-0.2, -0.15) is 0 Å². The lowest BCUT2D eigenvalue weighted by molar-refractivity contribution is 0.390. The Morgan fingerprint density at radius 3 is 2.47 bits per heavy atom. The summed E-state index contributed by atoms with van der Waals surface area (Å²) in [6.07, 6.45) is 0.953. The number of hydrogen-bond acceptors (Lipinski definition) is 4. The van der Waals surface area contributed by atoms with Crippen LogP contribution in [0.4, 0.5) is 0 Å². The van der Waals surface area contributed by atoms with Crippen LogP contribution in [-0.2, 0) is 6.42 Å². The molecule has 2 N–H and O–H groups in total. The summed E-state index contributed by atoms with van der Waals surface area (Å²) >= 11 is 0. The van der Waals surface area contributed by atoms with Gasteiger partial charge in [-0.1, -0.05) is 19.9 Å². The van der Waals surface area contributed by atoms with Crippen molar-refractivity contribution in [2.75, 3.05) is 33.9 Å². The Labute approximate surface area is 116 Å². The third kappa shape index (κ3) is 5.94. The van der Waals surface area contributed by atoms with Crippen molar-refractivity contribution in [3.05, 3.63) is 23.8 Å². The minimum Gasteiger partial charge on any atom is -0.497 e. The molecule has 0 radical (unpaired) electrons. The van der Waals surface area contributed by atoms with Crippen LogP contribution < -0.4 is 20.1 Å². The molecule has 0 aliphatic carbocycles. The third-order valence-electron chi connectivity index (χ3n) is 2.92. The van der Waals surface area contributed by atoms with E-state index in [2.05, 4.69) is 30.5 Å². The summed E-state index contributed by atoms with van der Waals surface area (Å²) in [5.41, 5.74) is 1.20. The number of hydrogen-bond donors (Lipinski definition) is 2. The number of nitrogens with one attached hydrogen (secondary N) is 2. The molecule has 0 amide bonds. The largest absolute Gasteiger partial charge is 0.497 e. The predicted octanol–water partition coefficient (Wildman–Crippen LogP) is 1.83. The highest BCUT2D eigenvalue weighted by Gasteiger charge is 2.04. The first-order valence-corrected chi connectivity index (χ1v) is 6.82. The highest BCUT2D eigenvalue weighted by Crippen LogP contribution is 2.24. The molecule has 1 rings (SSSR count).